The van der Waals surface area contributed by atoms with Gasteiger partial charge in [0.05, 0.1) is 17.3 Å². The summed E-state index contributed by atoms with van der Waals surface area (Å²) >= 11 is 0. The normalized spacial score (nSPS) is 22.8. The third-order valence-electron chi connectivity index (χ3n) is 2.89. The van der Waals surface area contributed by atoms with Crippen molar-refractivity contribution in [2.75, 3.05) is 18.0 Å². The number of pyridine rings is 1. The molecule has 1 aliphatic rings. The third kappa shape index (κ3) is 2.79. The highest BCUT2D eigenvalue weighted by Crippen LogP contribution is 2.25. The summed E-state index contributed by atoms with van der Waals surface area (Å²) in [4.78, 5) is 17.3. The topological polar surface area (TPSA) is 62.7 Å². The number of morpholine rings is 1. The van der Waals surface area contributed by atoms with Gasteiger partial charge in [-0.3, -0.25) is 0 Å². The summed E-state index contributed by atoms with van der Waals surface area (Å²) in [6, 6.07) is 3.11. The molecule has 0 bridgehead atoms. The zero-order chi connectivity index (χ0) is 13.3. The standard InChI is InChI=1S/C13H18N2O3/c1-9-7-15(8-13(2,3)18-9)11-6-10(12(16)17)4-5-14-11/h4-6,9H,7-8H2,1-3H3,(H,16,17). The molecule has 0 saturated carbocycles. The molecule has 5 nitrogen and oxygen atoms in total. The molecule has 0 radical (unpaired) electrons. The summed E-state index contributed by atoms with van der Waals surface area (Å²) in [5.41, 5.74) is 0.00965. The minimum atomic E-state index is -0.931. The minimum absolute atomic E-state index is 0.101. The van der Waals surface area contributed by atoms with Crippen molar-refractivity contribution in [3.8, 4) is 0 Å². The van der Waals surface area contributed by atoms with Crippen LogP contribution in [0, 0.1) is 0 Å². The Balaban J connectivity index is 2.25. The molecule has 0 amide bonds. The lowest BCUT2D eigenvalue weighted by Gasteiger charge is -2.42. The van der Waals surface area contributed by atoms with Gasteiger partial charge < -0.3 is 14.7 Å². The van der Waals surface area contributed by atoms with Gasteiger partial charge in [0.1, 0.15) is 5.82 Å². The molecular weight excluding hydrogens is 232 g/mol. The Morgan fingerprint density at radius 2 is 2.33 bits per heavy atom. The van der Waals surface area contributed by atoms with Gasteiger partial charge in [-0.25, -0.2) is 9.78 Å². The first-order valence-corrected chi connectivity index (χ1v) is 5.99. The molecule has 1 saturated heterocycles. The number of hydrogen-bond donors (Lipinski definition) is 1. The van der Waals surface area contributed by atoms with Gasteiger partial charge in [0.2, 0.25) is 0 Å². The van der Waals surface area contributed by atoms with E-state index in [9.17, 15) is 4.79 Å². The molecule has 98 valence electrons. The van der Waals surface area contributed by atoms with Gasteiger partial charge in [0.15, 0.2) is 0 Å². The number of nitrogens with zero attached hydrogens (tertiary/aromatic N) is 2. The van der Waals surface area contributed by atoms with Gasteiger partial charge in [0.25, 0.3) is 0 Å². The van der Waals surface area contributed by atoms with Crippen molar-refractivity contribution in [1.82, 2.24) is 4.98 Å². The molecule has 1 atom stereocenters. The first-order chi connectivity index (χ1) is 8.37. The Morgan fingerprint density at radius 1 is 1.61 bits per heavy atom. The number of carbonyl (C=O) groups is 1. The van der Waals surface area contributed by atoms with Crippen LogP contribution in [0.3, 0.4) is 0 Å². The van der Waals surface area contributed by atoms with Crippen LogP contribution in [0.2, 0.25) is 0 Å². The van der Waals surface area contributed by atoms with Crippen LogP contribution in [0.1, 0.15) is 31.1 Å². The number of aromatic nitrogens is 1. The van der Waals surface area contributed by atoms with E-state index in [2.05, 4.69) is 9.88 Å². The molecule has 1 aliphatic heterocycles. The van der Waals surface area contributed by atoms with Crippen LogP contribution < -0.4 is 4.90 Å². The number of rotatable bonds is 2. The molecule has 0 spiro atoms. The van der Waals surface area contributed by atoms with Crippen molar-refractivity contribution in [3.05, 3.63) is 23.9 Å². The fourth-order valence-corrected chi connectivity index (χ4v) is 2.35. The number of carboxylic acids is 1. The number of aromatic carboxylic acids is 1. The van der Waals surface area contributed by atoms with E-state index in [4.69, 9.17) is 9.84 Å². The SMILES string of the molecule is CC1CN(c2cc(C(=O)O)ccn2)CC(C)(C)O1. The van der Waals surface area contributed by atoms with Crippen LogP contribution in [0.5, 0.6) is 0 Å². The summed E-state index contributed by atoms with van der Waals surface area (Å²) in [7, 11) is 0. The van der Waals surface area contributed by atoms with Crippen molar-refractivity contribution in [1.29, 1.82) is 0 Å². The Kier molecular flexibility index (Phi) is 3.26. The van der Waals surface area contributed by atoms with Crippen LogP contribution in [0.15, 0.2) is 18.3 Å². The van der Waals surface area contributed by atoms with Crippen molar-refractivity contribution in [3.63, 3.8) is 0 Å². The van der Waals surface area contributed by atoms with E-state index in [1.807, 2.05) is 20.8 Å². The summed E-state index contributed by atoms with van der Waals surface area (Å²) in [6.07, 6.45) is 1.63. The first-order valence-electron chi connectivity index (χ1n) is 5.99. The average Bonchev–Trinajstić information content (AvgIpc) is 2.26. The van der Waals surface area contributed by atoms with Gasteiger partial charge in [0, 0.05) is 19.3 Å². The quantitative estimate of drug-likeness (QED) is 0.867. The lowest BCUT2D eigenvalue weighted by molar-refractivity contribution is -0.0751. The van der Waals surface area contributed by atoms with E-state index in [1.54, 1.807) is 6.07 Å². The second kappa shape index (κ2) is 4.57. The molecule has 1 unspecified atom stereocenters. The van der Waals surface area contributed by atoms with E-state index >= 15 is 0 Å². The third-order valence-corrected chi connectivity index (χ3v) is 2.89. The maximum Gasteiger partial charge on any atom is 0.335 e. The van der Waals surface area contributed by atoms with E-state index in [1.165, 1.54) is 12.3 Å². The molecule has 5 heteroatoms. The van der Waals surface area contributed by atoms with Gasteiger partial charge in [-0.15, -0.1) is 0 Å². The van der Waals surface area contributed by atoms with Gasteiger partial charge >= 0.3 is 5.97 Å². The average molecular weight is 250 g/mol. The highest BCUT2D eigenvalue weighted by molar-refractivity contribution is 5.88. The molecule has 1 aromatic rings. The number of carboxylic acid groups (broad SMARTS) is 1. The Hall–Kier alpha value is -1.62. The van der Waals surface area contributed by atoms with Crippen LogP contribution in [-0.2, 0) is 4.74 Å². The van der Waals surface area contributed by atoms with Crippen LogP contribution in [0.25, 0.3) is 0 Å². The Bertz CT molecular complexity index is 459. The largest absolute Gasteiger partial charge is 0.478 e. The van der Waals surface area contributed by atoms with E-state index in [-0.39, 0.29) is 17.3 Å². The summed E-state index contributed by atoms with van der Waals surface area (Å²) in [6.45, 7) is 7.48. The highest BCUT2D eigenvalue weighted by atomic mass is 16.5. The van der Waals surface area contributed by atoms with Crippen LogP contribution in [0.4, 0.5) is 5.82 Å². The Morgan fingerprint density at radius 3 is 2.94 bits per heavy atom. The zero-order valence-electron chi connectivity index (χ0n) is 10.9. The maximum atomic E-state index is 11.0. The van der Waals surface area contributed by atoms with E-state index < -0.39 is 5.97 Å². The fourth-order valence-electron chi connectivity index (χ4n) is 2.35. The van der Waals surface area contributed by atoms with Crippen LogP contribution in [-0.4, -0.2) is 40.9 Å². The maximum absolute atomic E-state index is 11.0. The number of hydrogen-bond acceptors (Lipinski definition) is 4. The molecular formula is C13H18N2O3. The number of anilines is 1. The predicted octanol–water partition coefficient (Wildman–Crippen LogP) is 1.78. The molecule has 18 heavy (non-hydrogen) atoms. The van der Waals surface area contributed by atoms with Crippen molar-refractivity contribution < 1.29 is 14.6 Å². The van der Waals surface area contributed by atoms with E-state index in [0.29, 0.717) is 12.4 Å². The van der Waals surface area contributed by atoms with Gasteiger partial charge in [-0.1, -0.05) is 0 Å². The van der Waals surface area contributed by atoms with E-state index in [0.717, 1.165) is 6.54 Å². The highest BCUT2D eigenvalue weighted by Gasteiger charge is 2.32. The van der Waals surface area contributed by atoms with Crippen molar-refractivity contribution >= 4 is 11.8 Å². The summed E-state index contributed by atoms with van der Waals surface area (Å²) < 4.78 is 5.82. The monoisotopic (exact) mass is 250 g/mol. The zero-order valence-corrected chi connectivity index (χ0v) is 10.9. The van der Waals surface area contributed by atoms with Crippen LogP contribution >= 0.6 is 0 Å². The number of ether oxygens (including phenoxy) is 1. The molecule has 0 aliphatic carbocycles. The predicted molar refractivity (Wildman–Crippen MR) is 68.0 cm³/mol. The molecule has 1 N–H and O–H groups in total. The summed E-state index contributed by atoms with van der Waals surface area (Å²) in [5, 5.41) is 8.99. The van der Waals surface area contributed by atoms with Crippen molar-refractivity contribution in [2.45, 2.75) is 32.5 Å². The van der Waals surface area contributed by atoms with Gasteiger partial charge in [-0.2, -0.15) is 0 Å². The molecule has 1 aromatic heterocycles. The Labute approximate surface area is 106 Å². The lowest BCUT2D eigenvalue weighted by atomic mass is 10.1. The van der Waals surface area contributed by atoms with Crippen molar-refractivity contribution in [2.24, 2.45) is 0 Å². The summed E-state index contributed by atoms with van der Waals surface area (Å²) in [5.74, 6) is -0.239. The molecule has 1 fully saturated rings. The fraction of sp³-hybridized carbons (Fsp3) is 0.538. The smallest absolute Gasteiger partial charge is 0.335 e. The lowest BCUT2D eigenvalue weighted by Crippen LogP contribution is -2.52. The second-order valence-corrected chi connectivity index (χ2v) is 5.28. The second-order valence-electron chi connectivity index (χ2n) is 5.28. The van der Waals surface area contributed by atoms with Gasteiger partial charge in [-0.05, 0) is 32.9 Å². The molecule has 2 heterocycles. The first kappa shape index (κ1) is 12.8. The molecule has 0 aromatic carbocycles. The molecule has 2 rings (SSSR count). The minimum Gasteiger partial charge on any atom is -0.478 e.